The maximum Gasteiger partial charge on any atom is 0.389 e. The Labute approximate surface area is 108 Å². The number of benzene rings is 1. The van der Waals surface area contributed by atoms with Gasteiger partial charge in [0.25, 0.3) is 5.91 Å². The van der Waals surface area contributed by atoms with Crippen LogP contribution in [0.25, 0.3) is 0 Å². The van der Waals surface area contributed by atoms with Gasteiger partial charge in [-0.2, -0.15) is 13.2 Å². The lowest BCUT2D eigenvalue weighted by Gasteiger charge is -2.03. The number of carbonyl (C=O) groups is 1. The zero-order chi connectivity index (χ0) is 15.2. The molecule has 0 spiro atoms. The fraction of sp³-hybridized carbons (Fsp3) is 0.417. The molecule has 0 saturated heterocycles. The molecule has 0 fully saturated rings. The third kappa shape index (κ3) is 6.64. The van der Waals surface area contributed by atoms with Gasteiger partial charge in [0.2, 0.25) is 0 Å². The molecule has 0 aliphatic heterocycles. The standard InChI is InChI=1S/C8H9FN2O.C4H7F3/c1-4-2-5(10)3-6(9)7(4)8(11)12;1-2-3-4(5,6)7/h2-3H,10H2,1H3,(H2,11,12);2-3H2,1H3. The van der Waals surface area contributed by atoms with Gasteiger partial charge >= 0.3 is 6.18 Å². The lowest BCUT2D eigenvalue weighted by atomic mass is 10.1. The highest BCUT2D eigenvalue weighted by Gasteiger charge is 2.24. The molecule has 1 aromatic carbocycles. The van der Waals surface area contributed by atoms with Crippen molar-refractivity contribution in [1.82, 2.24) is 0 Å². The van der Waals surface area contributed by atoms with Crippen molar-refractivity contribution in [2.45, 2.75) is 32.9 Å². The summed E-state index contributed by atoms with van der Waals surface area (Å²) in [7, 11) is 0. The topological polar surface area (TPSA) is 69.1 Å². The van der Waals surface area contributed by atoms with Crippen molar-refractivity contribution < 1.29 is 22.4 Å². The number of primary amides is 1. The number of hydrogen-bond acceptors (Lipinski definition) is 2. The van der Waals surface area contributed by atoms with Gasteiger partial charge in [0, 0.05) is 12.1 Å². The molecule has 0 aliphatic rings. The summed E-state index contributed by atoms with van der Waals surface area (Å²) in [6.45, 7) is 3.09. The van der Waals surface area contributed by atoms with Crippen LogP contribution in [0.5, 0.6) is 0 Å². The minimum atomic E-state index is -3.95. The van der Waals surface area contributed by atoms with Crippen molar-refractivity contribution in [3.8, 4) is 0 Å². The van der Waals surface area contributed by atoms with Crippen LogP contribution in [0.1, 0.15) is 35.7 Å². The maximum atomic E-state index is 13.0. The van der Waals surface area contributed by atoms with Crippen molar-refractivity contribution in [1.29, 1.82) is 0 Å². The van der Waals surface area contributed by atoms with Crippen LogP contribution in [-0.4, -0.2) is 12.1 Å². The minimum Gasteiger partial charge on any atom is -0.399 e. The summed E-state index contributed by atoms with van der Waals surface area (Å²) in [6, 6.07) is 2.58. The molecule has 1 aromatic rings. The lowest BCUT2D eigenvalue weighted by molar-refractivity contribution is -0.134. The van der Waals surface area contributed by atoms with Crippen LogP contribution in [0.15, 0.2) is 12.1 Å². The summed E-state index contributed by atoms with van der Waals surface area (Å²) in [4.78, 5) is 10.7. The summed E-state index contributed by atoms with van der Waals surface area (Å²) in [5.41, 5.74) is 10.9. The molecule has 0 saturated carbocycles. The Morgan fingerprint density at radius 3 is 2.11 bits per heavy atom. The van der Waals surface area contributed by atoms with Crippen LogP contribution in [0.4, 0.5) is 23.2 Å². The summed E-state index contributed by atoms with van der Waals surface area (Å²) in [6.07, 6.45) is -4.43. The van der Waals surface area contributed by atoms with Gasteiger partial charge in [-0.25, -0.2) is 4.39 Å². The number of anilines is 1. The number of rotatable bonds is 2. The van der Waals surface area contributed by atoms with Crippen molar-refractivity contribution in [3.05, 3.63) is 29.1 Å². The first-order valence-corrected chi connectivity index (χ1v) is 5.50. The van der Waals surface area contributed by atoms with E-state index in [0.717, 1.165) is 6.07 Å². The van der Waals surface area contributed by atoms with Gasteiger partial charge in [0.05, 0.1) is 5.56 Å². The quantitative estimate of drug-likeness (QED) is 0.645. The first-order chi connectivity index (χ1) is 8.58. The molecule has 0 aromatic heterocycles. The van der Waals surface area contributed by atoms with Crippen molar-refractivity contribution in [2.75, 3.05) is 5.73 Å². The van der Waals surface area contributed by atoms with Crippen LogP contribution < -0.4 is 11.5 Å². The monoisotopic (exact) mass is 280 g/mol. The van der Waals surface area contributed by atoms with Gasteiger partial charge in [0.15, 0.2) is 0 Å². The van der Waals surface area contributed by atoms with Gasteiger partial charge < -0.3 is 11.5 Å². The molecule has 19 heavy (non-hydrogen) atoms. The SMILES string of the molecule is CCCC(F)(F)F.Cc1cc(N)cc(F)c1C(N)=O. The van der Waals surface area contributed by atoms with Crippen molar-refractivity contribution in [3.63, 3.8) is 0 Å². The van der Waals surface area contributed by atoms with Gasteiger partial charge in [0.1, 0.15) is 5.82 Å². The van der Waals surface area contributed by atoms with Crippen molar-refractivity contribution in [2.24, 2.45) is 5.73 Å². The van der Waals surface area contributed by atoms with Gasteiger partial charge in [-0.05, 0) is 31.0 Å². The summed E-state index contributed by atoms with van der Waals surface area (Å²) >= 11 is 0. The fourth-order valence-corrected chi connectivity index (χ4v) is 1.37. The zero-order valence-corrected chi connectivity index (χ0v) is 10.6. The Bertz CT molecular complexity index is 421. The first kappa shape index (κ1) is 17.2. The van der Waals surface area contributed by atoms with Gasteiger partial charge in [-0.15, -0.1) is 0 Å². The van der Waals surface area contributed by atoms with E-state index < -0.39 is 24.3 Å². The maximum absolute atomic E-state index is 13.0. The molecule has 4 N–H and O–H groups in total. The number of amides is 1. The molecule has 7 heteroatoms. The Morgan fingerprint density at radius 1 is 1.32 bits per heavy atom. The summed E-state index contributed by atoms with van der Waals surface area (Å²) in [5, 5.41) is 0. The third-order valence-corrected chi connectivity index (χ3v) is 2.09. The Balaban J connectivity index is 0.000000399. The molecule has 0 heterocycles. The molecule has 1 rings (SSSR count). The number of halogens is 4. The van der Waals surface area contributed by atoms with E-state index in [1.807, 2.05) is 0 Å². The van der Waals surface area contributed by atoms with E-state index in [2.05, 4.69) is 0 Å². The second-order valence-corrected chi connectivity index (χ2v) is 3.92. The third-order valence-electron chi connectivity index (χ3n) is 2.09. The van der Waals surface area contributed by atoms with Crippen LogP contribution >= 0.6 is 0 Å². The smallest absolute Gasteiger partial charge is 0.389 e. The minimum absolute atomic E-state index is 0.0933. The zero-order valence-electron chi connectivity index (χ0n) is 10.6. The highest BCUT2D eigenvalue weighted by molar-refractivity contribution is 5.94. The van der Waals surface area contributed by atoms with E-state index in [1.165, 1.54) is 13.0 Å². The molecule has 0 unspecified atom stereocenters. The number of alkyl halides is 3. The molecule has 0 atom stereocenters. The summed E-state index contributed by atoms with van der Waals surface area (Å²) < 4.78 is 46.1. The van der Waals surface area contributed by atoms with Gasteiger partial charge in [-0.1, -0.05) is 6.92 Å². The average molecular weight is 280 g/mol. The largest absolute Gasteiger partial charge is 0.399 e. The van der Waals surface area contributed by atoms with E-state index in [4.69, 9.17) is 11.5 Å². The Kier molecular flexibility index (Phi) is 6.31. The number of nitrogen functional groups attached to an aromatic ring is 1. The first-order valence-electron chi connectivity index (χ1n) is 5.50. The fourth-order valence-electron chi connectivity index (χ4n) is 1.37. The predicted octanol–water partition coefficient (Wildman–Crippen LogP) is 3.16. The summed E-state index contributed by atoms with van der Waals surface area (Å²) in [5.74, 6) is -1.44. The molecular weight excluding hydrogens is 264 g/mol. The predicted molar refractivity (Wildman–Crippen MR) is 65.0 cm³/mol. The average Bonchev–Trinajstić information content (AvgIpc) is 2.13. The molecule has 0 bridgehead atoms. The van der Waals surface area contributed by atoms with Crippen LogP contribution in [0.3, 0.4) is 0 Å². The lowest BCUT2D eigenvalue weighted by Crippen LogP contribution is -2.15. The van der Waals surface area contributed by atoms with E-state index in [-0.39, 0.29) is 17.7 Å². The van der Waals surface area contributed by atoms with E-state index in [1.54, 1.807) is 6.92 Å². The molecule has 0 radical (unpaired) electrons. The Morgan fingerprint density at radius 2 is 1.84 bits per heavy atom. The van der Waals surface area contributed by atoms with Crippen LogP contribution in [0.2, 0.25) is 0 Å². The van der Waals surface area contributed by atoms with E-state index >= 15 is 0 Å². The van der Waals surface area contributed by atoms with E-state index in [9.17, 15) is 22.4 Å². The number of aryl methyl sites for hydroxylation is 1. The normalized spacial score (nSPS) is 10.6. The van der Waals surface area contributed by atoms with Crippen LogP contribution in [-0.2, 0) is 0 Å². The molecule has 0 aliphatic carbocycles. The van der Waals surface area contributed by atoms with E-state index in [0.29, 0.717) is 5.56 Å². The molecule has 108 valence electrons. The second kappa shape index (κ2) is 6.96. The second-order valence-electron chi connectivity index (χ2n) is 3.92. The molecule has 3 nitrogen and oxygen atoms in total. The highest BCUT2D eigenvalue weighted by Crippen LogP contribution is 2.20. The molecular formula is C12H16F4N2O. The number of carbonyl (C=O) groups excluding carboxylic acids is 1. The van der Waals surface area contributed by atoms with Crippen LogP contribution in [0, 0.1) is 12.7 Å². The highest BCUT2D eigenvalue weighted by atomic mass is 19.4. The molecule has 1 amide bonds. The van der Waals surface area contributed by atoms with Crippen molar-refractivity contribution >= 4 is 11.6 Å². The number of hydrogen-bond donors (Lipinski definition) is 2. The Hall–Kier alpha value is -1.79. The number of nitrogens with two attached hydrogens (primary N) is 2. The van der Waals surface area contributed by atoms with Gasteiger partial charge in [-0.3, -0.25) is 4.79 Å².